The highest BCUT2D eigenvalue weighted by Gasteiger charge is 2.32. The van der Waals surface area contributed by atoms with Crippen LogP contribution in [0.1, 0.15) is 47.3 Å². The zero-order chi connectivity index (χ0) is 21.0. The second kappa shape index (κ2) is 8.99. The maximum absolute atomic E-state index is 13.2. The average Bonchev–Trinajstić information content (AvgIpc) is 3.23. The summed E-state index contributed by atoms with van der Waals surface area (Å²) in [6, 6.07) is 10.8. The van der Waals surface area contributed by atoms with Crippen LogP contribution in [0.5, 0.6) is 17.2 Å². The zero-order valence-electron chi connectivity index (χ0n) is 17.4. The molecule has 1 amide bonds. The van der Waals surface area contributed by atoms with Gasteiger partial charge >= 0.3 is 0 Å². The van der Waals surface area contributed by atoms with Crippen molar-refractivity contribution in [2.24, 2.45) is 0 Å². The van der Waals surface area contributed by atoms with Crippen LogP contribution in [0.2, 0.25) is 0 Å². The molecule has 1 fully saturated rings. The molecule has 1 aliphatic rings. The molecule has 0 N–H and O–H groups in total. The molecule has 1 saturated heterocycles. The van der Waals surface area contributed by atoms with Crippen molar-refractivity contribution in [3.05, 3.63) is 53.1 Å². The van der Waals surface area contributed by atoms with Gasteiger partial charge in [0, 0.05) is 23.2 Å². The number of carbonyl (C=O) groups excluding carboxylic acids is 2. The molecule has 0 spiro atoms. The molecule has 154 valence electrons. The summed E-state index contributed by atoms with van der Waals surface area (Å²) < 4.78 is 16.3. The van der Waals surface area contributed by atoms with Crippen LogP contribution in [0.3, 0.4) is 0 Å². The van der Waals surface area contributed by atoms with Gasteiger partial charge in [-0.05, 0) is 56.2 Å². The Balaban J connectivity index is 1.88. The summed E-state index contributed by atoms with van der Waals surface area (Å²) in [5, 5.41) is 0. The Labute approximate surface area is 171 Å². The predicted molar refractivity (Wildman–Crippen MR) is 110 cm³/mol. The number of ketones is 1. The molecule has 6 heteroatoms. The number of hydrogen-bond acceptors (Lipinski definition) is 5. The Hall–Kier alpha value is -3.02. The highest BCUT2D eigenvalue weighted by molar-refractivity contribution is 5.94. The Kier molecular flexibility index (Phi) is 6.42. The van der Waals surface area contributed by atoms with E-state index in [1.165, 1.54) is 6.92 Å². The number of benzene rings is 2. The largest absolute Gasteiger partial charge is 0.497 e. The molecule has 0 unspecified atom stereocenters. The third-order valence-corrected chi connectivity index (χ3v) is 5.40. The van der Waals surface area contributed by atoms with Gasteiger partial charge < -0.3 is 19.1 Å². The molecule has 2 aromatic rings. The molecule has 1 heterocycles. The van der Waals surface area contributed by atoms with Gasteiger partial charge in [0.15, 0.2) is 5.78 Å². The summed E-state index contributed by atoms with van der Waals surface area (Å²) in [7, 11) is 4.82. The van der Waals surface area contributed by atoms with Crippen LogP contribution in [-0.4, -0.2) is 44.5 Å². The van der Waals surface area contributed by atoms with Gasteiger partial charge in [-0.15, -0.1) is 0 Å². The van der Waals surface area contributed by atoms with Crippen LogP contribution >= 0.6 is 0 Å². The number of carbonyl (C=O) groups is 2. The molecule has 6 nitrogen and oxygen atoms in total. The van der Waals surface area contributed by atoms with Crippen molar-refractivity contribution < 1.29 is 23.8 Å². The summed E-state index contributed by atoms with van der Waals surface area (Å²) in [4.78, 5) is 26.8. The van der Waals surface area contributed by atoms with Crippen molar-refractivity contribution in [3.63, 3.8) is 0 Å². The van der Waals surface area contributed by atoms with Crippen LogP contribution in [0.4, 0.5) is 0 Å². The van der Waals surface area contributed by atoms with Gasteiger partial charge in [0.2, 0.25) is 5.91 Å². The van der Waals surface area contributed by atoms with Gasteiger partial charge in [-0.1, -0.05) is 0 Å². The van der Waals surface area contributed by atoms with Crippen molar-refractivity contribution in [3.8, 4) is 17.2 Å². The standard InChI is InChI=1S/C23H27NO5/c1-15(25)16-7-9-21(28-3)17(12-16)13-23(26)24-11-5-6-20(24)19-14-18(27-2)8-10-22(19)29-4/h7-10,12,14,20H,5-6,11,13H2,1-4H3/t20-/m0/s1. The molecule has 0 saturated carbocycles. The van der Waals surface area contributed by atoms with Crippen molar-refractivity contribution >= 4 is 11.7 Å². The monoisotopic (exact) mass is 397 g/mol. The van der Waals surface area contributed by atoms with E-state index in [2.05, 4.69) is 0 Å². The Morgan fingerprint density at radius 2 is 1.72 bits per heavy atom. The van der Waals surface area contributed by atoms with E-state index < -0.39 is 0 Å². The van der Waals surface area contributed by atoms with Crippen LogP contribution < -0.4 is 14.2 Å². The van der Waals surface area contributed by atoms with Crippen molar-refractivity contribution in [2.45, 2.75) is 32.2 Å². The molecule has 0 radical (unpaired) electrons. The van der Waals surface area contributed by atoms with E-state index in [0.717, 1.165) is 29.9 Å². The lowest BCUT2D eigenvalue weighted by Gasteiger charge is -2.27. The minimum absolute atomic E-state index is 0.00336. The summed E-state index contributed by atoms with van der Waals surface area (Å²) in [5.74, 6) is 2.04. The number of nitrogens with zero attached hydrogens (tertiary/aromatic N) is 1. The molecule has 1 aliphatic heterocycles. The lowest BCUT2D eigenvalue weighted by atomic mass is 10.0. The minimum atomic E-state index is -0.0745. The summed E-state index contributed by atoms with van der Waals surface area (Å²) in [6.45, 7) is 2.19. The highest BCUT2D eigenvalue weighted by atomic mass is 16.5. The normalized spacial score (nSPS) is 15.9. The van der Waals surface area contributed by atoms with Crippen molar-refractivity contribution in [2.75, 3.05) is 27.9 Å². The van der Waals surface area contributed by atoms with Gasteiger partial charge in [-0.3, -0.25) is 9.59 Å². The summed E-state index contributed by atoms with van der Waals surface area (Å²) in [6.07, 6.45) is 1.95. The fourth-order valence-corrected chi connectivity index (χ4v) is 3.89. The molecule has 0 aromatic heterocycles. The smallest absolute Gasteiger partial charge is 0.227 e. The fraction of sp³-hybridized carbons (Fsp3) is 0.391. The second-order valence-corrected chi connectivity index (χ2v) is 7.11. The Bertz CT molecular complexity index is 908. The number of ether oxygens (including phenoxy) is 3. The van der Waals surface area contributed by atoms with Crippen molar-refractivity contribution in [1.82, 2.24) is 4.90 Å². The third-order valence-electron chi connectivity index (χ3n) is 5.40. The summed E-state index contributed by atoms with van der Waals surface area (Å²) >= 11 is 0. The predicted octanol–water partition coefficient (Wildman–Crippen LogP) is 3.82. The number of likely N-dealkylation sites (tertiary alicyclic amines) is 1. The second-order valence-electron chi connectivity index (χ2n) is 7.11. The van der Waals surface area contributed by atoms with E-state index in [1.807, 2.05) is 23.1 Å². The molecule has 0 aliphatic carbocycles. The maximum atomic E-state index is 13.2. The zero-order valence-corrected chi connectivity index (χ0v) is 17.4. The number of Topliss-reactive ketones (excluding diaryl/α,β-unsaturated/α-hetero) is 1. The average molecular weight is 397 g/mol. The first-order valence-corrected chi connectivity index (χ1v) is 9.67. The van der Waals surface area contributed by atoms with Crippen LogP contribution in [-0.2, 0) is 11.2 Å². The van der Waals surface area contributed by atoms with Crippen LogP contribution in [0.25, 0.3) is 0 Å². The van der Waals surface area contributed by atoms with E-state index in [9.17, 15) is 9.59 Å². The Morgan fingerprint density at radius 1 is 1.00 bits per heavy atom. The van der Waals surface area contributed by atoms with E-state index in [1.54, 1.807) is 39.5 Å². The Morgan fingerprint density at radius 3 is 2.38 bits per heavy atom. The molecule has 0 bridgehead atoms. The number of amides is 1. The van der Waals surface area contributed by atoms with Gasteiger partial charge in [0.1, 0.15) is 17.2 Å². The summed E-state index contributed by atoms with van der Waals surface area (Å²) in [5.41, 5.74) is 2.23. The lowest BCUT2D eigenvalue weighted by molar-refractivity contribution is -0.131. The van der Waals surface area contributed by atoms with E-state index >= 15 is 0 Å². The fourth-order valence-electron chi connectivity index (χ4n) is 3.89. The SMILES string of the molecule is COc1ccc(OC)c([C@@H]2CCCN2C(=O)Cc2cc(C(C)=O)ccc2OC)c1. The van der Waals surface area contributed by atoms with E-state index in [4.69, 9.17) is 14.2 Å². The van der Waals surface area contributed by atoms with E-state index in [-0.39, 0.29) is 24.2 Å². The molecule has 1 atom stereocenters. The quantitative estimate of drug-likeness (QED) is 0.665. The highest BCUT2D eigenvalue weighted by Crippen LogP contribution is 2.39. The molecular weight excluding hydrogens is 370 g/mol. The number of methoxy groups -OCH3 is 3. The number of hydrogen-bond donors (Lipinski definition) is 0. The van der Waals surface area contributed by atoms with Crippen LogP contribution in [0.15, 0.2) is 36.4 Å². The van der Waals surface area contributed by atoms with Crippen LogP contribution in [0, 0.1) is 0 Å². The minimum Gasteiger partial charge on any atom is -0.497 e. The molecule has 2 aromatic carbocycles. The molecule has 29 heavy (non-hydrogen) atoms. The third kappa shape index (κ3) is 4.36. The van der Waals surface area contributed by atoms with Gasteiger partial charge in [-0.25, -0.2) is 0 Å². The van der Waals surface area contributed by atoms with Gasteiger partial charge in [0.25, 0.3) is 0 Å². The first-order valence-electron chi connectivity index (χ1n) is 9.67. The first kappa shape index (κ1) is 20.7. The van der Waals surface area contributed by atoms with E-state index in [0.29, 0.717) is 23.4 Å². The lowest BCUT2D eigenvalue weighted by Crippen LogP contribution is -2.32. The van der Waals surface area contributed by atoms with Gasteiger partial charge in [0.05, 0.1) is 33.8 Å². The maximum Gasteiger partial charge on any atom is 0.227 e. The molecule has 3 rings (SSSR count). The molecular formula is C23H27NO5. The number of rotatable bonds is 7. The van der Waals surface area contributed by atoms with Crippen molar-refractivity contribution in [1.29, 1.82) is 0 Å². The van der Waals surface area contributed by atoms with Gasteiger partial charge in [-0.2, -0.15) is 0 Å². The first-order chi connectivity index (χ1) is 14.0. The topological polar surface area (TPSA) is 65.1 Å².